The summed E-state index contributed by atoms with van der Waals surface area (Å²) < 4.78 is 0. The number of nitrogens with one attached hydrogen (secondary N) is 1. The first kappa shape index (κ1) is 17.1. The highest BCUT2D eigenvalue weighted by molar-refractivity contribution is 5.94. The van der Waals surface area contributed by atoms with E-state index in [9.17, 15) is 9.59 Å². The summed E-state index contributed by atoms with van der Waals surface area (Å²) >= 11 is 0. The van der Waals surface area contributed by atoms with Crippen LogP contribution in [-0.4, -0.2) is 60.3 Å². The van der Waals surface area contributed by atoms with Crippen LogP contribution in [-0.2, 0) is 0 Å². The molecule has 1 aromatic heterocycles. The molecular weight excluding hydrogens is 316 g/mol. The van der Waals surface area contributed by atoms with Gasteiger partial charge in [0.05, 0.1) is 6.04 Å². The van der Waals surface area contributed by atoms with Gasteiger partial charge in [-0.2, -0.15) is 0 Å². The molecule has 1 N–H and O–H groups in total. The van der Waals surface area contributed by atoms with E-state index >= 15 is 0 Å². The highest BCUT2D eigenvalue weighted by Crippen LogP contribution is 2.25. The van der Waals surface area contributed by atoms with Crippen molar-refractivity contribution < 1.29 is 9.59 Å². The maximum Gasteiger partial charge on any atom is 0.272 e. The highest BCUT2D eigenvalue weighted by Gasteiger charge is 2.29. The Morgan fingerprint density at radius 2 is 2.00 bits per heavy atom. The van der Waals surface area contributed by atoms with E-state index in [0.717, 1.165) is 12.1 Å². The third kappa shape index (κ3) is 3.69. The number of pyridine rings is 1. The van der Waals surface area contributed by atoms with Crippen LogP contribution in [0.25, 0.3) is 0 Å². The molecule has 2 amide bonds. The van der Waals surface area contributed by atoms with Crippen LogP contribution in [0.3, 0.4) is 0 Å². The molecule has 0 saturated carbocycles. The molecule has 2 aromatic rings. The molecule has 1 atom stereocenters. The zero-order valence-corrected chi connectivity index (χ0v) is 14.5. The monoisotopic (exact) mass is 338 g/mol. The summed E-state index contributed by atoms with van der Waals surface area (Å²) in [6, 6.07) is 13.0. The topological polar surface area (TPSA) is 65.5 Å². The maximum atomic E-state index is 12.7. The maximum absolute atomic E-state index is 12.7. The van der Waals surface area contributed by atoms with E-state index in [2.05, 4.69) is 15.2 Å². The van der Waals surface area contributed by atoms with Gasteiger partial charge in [0.15, 0.2) is 0 Å². The predicted molar refractivity (Wildman–Crippen MR) is 95.3 cm³/mol. The SMILES string of the molecule is CNC(=O)c1cccc([C@H]2CN(C(=O)c3ccccn3)CCN2C)c1. The van der Waals surface area contributed by atoms with Gasteiger partial charge < -0.3 is 10.2 Å². The van der Waals surface area contributed by atoms with Gasteiger partial charge in [0.2, 0.25) is 0 Å². The largest absolute Gasteiger partial charge is 0.355 e. The van der Waals surface area contributed by atoms with E-state index in [-0.39, 0.29) is 17.9 Å². The van der Waals surface area contributed by atoms with Gasteiger partial charge in [0.1, 0.15) is 5.69 Å². The van der Waals surface area contributed by atoms with Crippen molar-refractivity contribution in [2.45, 2.75) is 6.04 Å². The first-order chi connectivity index (χ1) is 12.1. The second-order valence-corrected chi connectivity index (χ2v) is 6.17. The molecule has 1 aliphatic rings. The Morgan fingerprint density at radius 3 is 2.72 bits per heavy atom. The van der Waals surface area contributed by atoms with Crippen LogP contribution >= 0.6 is 0 Å². The zero-order valence-electron chi connectivity index (χ0n) is 14.5. The Balaban J connectivity index is 1.82. The molecule has 1 aliphatic heterocycles. The van der Waals surface area contributed by atoms with Gasteiger partial charge in [-0.05, 0) is 36.9 Å². The van der Waals surface area contributed by atoms with Crippen LogP contribution in [0.2, 0.25) is 0 Å². The van der Waals surface area contributed by atoms with Gasteiger partial charge in [-0.1, -0.05) is 18.2 Å². The molecule has 1 aromatic carbocycles. The van der Waals surface area contributed by atoms with E-state index in [1.165, 1.54) is 0 Å². The van der Waals surface area contributed by atoms with Crippen molar-refractivity contribution in [3.8, 4) is 0 Å². The van der Waals surface area contributed by atoms with Gasteiger partial charge in [-0.15, -0.1) is 0 Å². The molecule has 1 fully saturated rings. The first-order valence-electron chi connectivity index (χ1n) is 8.32. The summed E-state index contributed by atoms with van der Waals surface area (Å²) in [6.45, 7) is 2.01. The number of hydrogen-bond donors (Lipinski definition) is 1. The number of piperazine rings is 1. The van der Waals surface area contributed by atoms with Crippen LogP contribution < -0.4 is 5.32 Å². The highest BCUT2D eigenvalue weighted by atomic mass is 16.2. The Hall–Kier alpha value is -2.73. The van der Waals surface area contributed by atoms with Crippen LogP contribution in [0, 0.1) is 0 Å². The minimum absolute atomic E-state index is 0.0472. The van der Waals surface area contributed by atoms with E-state index < -0.39 is 0 Å². The van der Waals surface area contributed by atoms with Gasteiger partial charge in [-0.25, -0.2) is 0 Å². The molecule has 0 spiro atoms. The number of benzene rings is 1. The molecule has 25 heavy (non-hydrogen) atoms. The fourth-order valence-corrected chi connectivity index (χ4v) is 3.10. The molecule has 6 heteroatoms. The van der Waals surface area contributed by atoms with Crippen molar-refractivity contribution in [1.29, 1.82) is 0 Å². The molecule has 0 bridgehead atoms. The predicted octanol–water partition coefficient (Wildman–Crippen LogP) is 1.57. The van der Waals surface area contributed by atoms with Crippen molar-refractivity contribution in [2.75, 3.05) is 33.7 Å². The third-order valence-corrected chi connectivity index (χ3v) is 4.58. The normalized spacial score (nSPS) is 18.0. The lowest BCUT2D eigenvalue weighted by molar-refractivity contribution is 0.0540. The lowest BCUT2D eigenvalue weighted by Gasteiger charge is -2.39. The van der Waals surface area contributed by atoms with Crippen molar-refractivity contribution in [3.63, 3.8) is 0 Å². The van der Waals surface area contributed by atoms with E-state index in [4.69, 9.17) is 0 Å². The summed E-state index contributed by atoms with van der Waals surface area (Å²) in [7, 11) is 3.66. The summed E-state index contributed by atoms with van der Waals surface area (Å²) in [5.41, 5.74) is 2.12. The van der Waals surface area contributed by atoms with E-state index in [1.807, 2.05) is 36.2 Å². The molecule has 6 nitrogen and oxygen atoms in total. The Kier molecular flexibility index (Phi) is 5.09. The summed E-state index contributed by atoms with van der Waals surface area (Å²) in [6.07, 6.45) is 1.63. The van der Waals surface area contributed by atoms with Crippen LogP contribution in [0.15, 0.2) is 48.7 Å². The van der Waals surface area contributed by atoms with E-state index in [1.54, 1.807) is 31.4 Å². The van der Waals surface area contributed by atoms with Crippen LogP contribution in [0.1, 0.15) is 32.5 Å². The lowest BCUT2D eigenvalue weighted by atomic mass is 10.00. The standard InChI is InChI=1S/C19H22N4O2/c1-20-18(24)15-7-5-6-14(12-15)17-13-23(11-10-22(17)2)19(25)16-8-3-4-9-21-16/h3-9,12,17H,10-11,13H2,1-2H3,(H,20,24)/t17-/m1/s1. The average Bonchev–Trinajstić information content (AvgIpc) is 2.68. The Morgan fingerprint density at radius 1 is 1.16 bits per heavy atom. The Bertz CT molecular complexity index is 763. The molecule has 130 valence electrons. The Labute approximate surface area is 147 Å². The van der Waals surface area contributed by atoms with Crippen molar-refractivity contribution in [2.24, 2.45) is 0 Å². The van der Waals surface area contributed by atoms with Gasteiger partial charge >= 0.3 is 0 Å². The minimum Gasteiger partial charge on any atom is -0.355 e. The second kappa shape index (κ2) is 7.44. The van der Waals surface area contributed by atoms with Crippen LogP contribution in [0.4, 0.5) is 0 Å². The van der Waals surface area contributed by atoms with Gasteiger partial charge in [-0.3, -0.25) is 19.5 Å². The smallest absolute Gasteiger partial charge is 0.272 e. The number of aromatic nitrogens is 1. The number of nitrogens with zero attached hydrogens (tertiary/aromatic N) is 3. The number of hydrogen-bond acceptors (Lipinski definition) is 4. The third-order valence-electron chi connectivity index (χ3n) is 4.58. The molecule has 0 unspecified atom stereocenters. The number of carbonyl (C=O) groups excluding carboxylic acids is 2. The fourth-order valence-electron chi connectivity index (χ4n) is 3.10. The quantitative estimate of drug-likeness (QED) is 0.923. The van der Waals surface area contributed by atoms with Crippen LogP contribution in [0.5, 0.6) is 0 Å². The molecule has 1 saturated heterocycles. The first-order valence-corrected chi connectivity index (χ1v) is 8.32. The number of carbonyl (C=O) groups is 2. The average molecular weight is 338 g/mol. The lowest BCUT2D eigenvalue weighted by Crippen LogP contribution is -2.49. The molecule has 2 heterocycles. The number of rotatable bonds is 3. The number of amides is 2. The van der Waals surface area contributed by atoms with Crippen molar-refractivity contribution in [1.82, 2.24) is 20.1 Å². The molecule has 0 radical (unpaired) electrons. The van der Waals surface area contributed by atoms with Gasteiger partial charge in [0.25, 0.3) is 11.8 Å². The summed E-state index contributed by atoms with van der Waals surface area (Å²) in [5, 5.41) is 2.65. The van der Waals surface area contributed by atoms with Crippen molar-refractivity contribution >= 4 is 11.8 Å². The number of likely N-dealkylation sites (N-methyl/N-ethyl adjacent to an activating group) is 1. The summed E-state index contributed by atoms with van der Waals surface area (Å²) in [4.78, 5) is 32.8. The van der Waals surface area contributed by atoms with E-state index in [0.29, 0.717) is 24.3 Å². The van der Waals surface area contributed by atoms with Gasteiger partial charge in [0, 0.05) is 38.4 Å². The fraction of sp³-hybridized carbons (Fsp3) is 0.316. The minimum atomic E-state index is -0.110. The zero-order chi connectivity index (χ0) is 17.8. The molecular formula is C19H22N4O2. The second-order valence-electron chi connectivity index (χ2n) is 6.17. The molecule has 3 rings (SSSR count). The summed E-state index contributed by atoms with van der Waals surface area (Å²) in [5.74, 6) is -0.164. The van der Waals surface area contributed by atoms with Crippen molar-refractivity contribution in [3.05, 3.63) is 65.5 Å². The molecule has 0 aliphatic carbocycles.